The predicted molar refractivity (Wildman–Crippen MR) is 70.0 cm³/mol. The van der Waals surface area contributed by atoms with Gasteiger partial charge in [0.05, 0.1) is 13.1 Å². The molecule has 18 heavy (non-hydrogen) atoms. The third kappa shape index (κ3) is 3.63. The lowest BCUT2D eigenvalue weighted by atomic mass is 10.1. The maximum absolute atomic E-state index is 4.05. The first-order valence-corrected chi connectivity index (χ1v) is 6.08. The summed E-state index contributed by atoms with van der Waals surface area (Å²) in [5.74, 6) is 0.855. The quantitative estimate of drug-likeness (QED) is 0.889. The van der Waals surface area contributed by atoms with E-state index in [0.717, 1.165) is 5.82 Å². The van der Waals surface area contributed by atoms with Crippen LogP contribution in [0, 0.1) is 0 Å². The van der Waals surface area contributed by atoms with Gasteiger partial charge in [0.2, 0.25) is 0 Å². The van der Waals surface area contributed by atoms with Crippen molar-refractivity contribution in [3.05, 3.63) is 41.7 Å². The lowest BCUT2D eigenvalue weighted by Crippen LogP contribution is -2.36. The number of benzene rings is 1. The van der Waals surface area contributed by atoms with Crippen LogP contribution in [0.1, 0.15) is 32.2 Å². The summed E-state index contributed by atoms with van der Waals surface area (Å²) in [6.07, 6.45) is 0. The smallest absolute Gasteiger partial charge is 0.165 e. The average Bonchev–Trinajstić information content (AvgIpc) is 2.74. The standard InChI is InChI=1S/C13H19N5/c1-13(2,3)14-9-12-15-16-17-18(12)10-11-7-5-4-6-8-11/h4-8,14H,9-10H2,1-3H3. The summed E-state index contributed by atoms with van der Waals surface area (Å²) in [5, 5.41) is 15.2. The minimum Gasteiger partial charge on any atom is -0.305 e. The van der Waals surface area contributed by atoms with Crippen molar-refractivity contribution in [3.63, 3.8) is 0 Å². The Morgan fingerprint density at radius 2 is 1.89 bits per heavy atom. The van der Waals surface area contributed by atoms with Gasteiger partial charge in [0.25, 0.3) is 0 Å². The van der Waals surface area contributed by atoms with Gasteiger partial charge in [0, 0.05) is 5.54 Å². The van der Waals surface area contributed by atoms with E-state index in [2.05, 4.69) is 53.7 Å². The molecule has 1 N–H and O–H groups in total. The highest BCUT2D eigenvalue weighted by Crippen LogP contribution is 2.05. The minimum absolute atomic E-state index is 0.0591. The Bertz CT molecular complexity index is 484. The molecule has 96 valence electrons. The van der Waals surface area contributed by atoms with Gasteiger partial charge in [-0.05, 0) is 36.8 Å². The molecular weight excluding hydrogens is 226 g/mol. The van der Waals surface area contributed by atoms with Crippen LogP contribution in [0.25, 0.3) is 0 Å². The first-order valence-electron chi connectivity index (χ1n) is 6.08. The van der Waals surface area contributed by atoms with Crippen LogP contribution in [-0.2, 0) is 13.1 Å². The molecule has 5 nitrogen and oxygen atoms in total. The van der Waals surface area contributed by atoms with Crippen LogP contribution in [0.4, 0.5) is 0 Å². The zero-order chi connectivity index (χ0) is 13.0. The molecule has 0 aliphatic heterocycles. The van der Waals surface area contributed by atoms with Crippen LogP contribution in [-0.4, -0.2) is 25.7 Å². The number of hydrogen-bond donors (Lipinski definition) is 1. The fraction of sp³-hybridized carbons (Fsp3) is 0.462. The Morgan fingerprint density at radius 1 is 1.17 bits per heavy atom. The van der Waals surface area contributed by atoms with E-state index in [-0.39, 0.29) is 5.54 Å². The number of nitrogens with one attached hydrogen (secondary N) is 1. The van der Waals surface area contributed by atoms with Gasteiger partial charge in [0.1, 0.15) is 0 Å². The third-order valence-electron chi connectivity index (χ3n) is 2.56. The van der Waals surface area contributed by atoms with Gasteiger partial charge in [-0.2, -0.15) is 0 Å². The van der Waals surface area contributed by atoms with Crippen LogP contribution < -0.4 is 5.32 Å². The Labute approximate surface area is 107 Å². The summed E-state index contributed by atoms with van der Waals surface area (Å²) in [4.78, 5) is 0. The summed E-state index contributed by atoms with van der Waals surface area (Å²) in [5.41, 5.74) is 1.26. The zero-order valence-electron chi connectivity index (χ0n) is 11.1. The normalized spacial score (nSPS) is 11.7. The van der Waals surface area contributed by atoms with Crippen LogP contribution in [0.15, 0.2) is 30.3 Å². The number of rotatable bonds is 4. The van der Waals surface area contributed by atoms with Crippen molar-refractivity contribution in [1.82, 2.24) is 25.5 Å². The second-order valence-corrected chi connectivity index (χ2v) is 5.34. The number of tetrazole rings is 1. The van der Waals surface area contributed by atoms with E-state index in [0.29, 0.717) is 13.1 Å². The lowest BCUT2D eigenvalue weighted by molar-refractivity contribution is 0.410. The number of aromatic nitrogens is 4. The van der Waals surface area contributed by atoms with Crippen molar-refractivity contribution in [2.75, 3.05) is 0 Å². The molecule has 0 radical (unpaired) electrons. The number of nitrogens with zero attached hydrogens (tertiary/aromatic N) is 4. The molecule has 2 aromatic rings. The average molecular weight is 245 g/mol. The first-order chi connectivity index (χ1) is 8.54. The summed E-state index contributed by atoms with van der Waals surface area (Å²) >= 11 is 0. The molecule has 0 bridgehead atoms. The van der Waals surface area contributed by atoms with Gasteiger partial charge in [-0.3, -0.25) is 0 Å². The molecule has 0 atom stereocenters. The molecule has 5 heteroatoms. The van der Waals surface area contributed by atoms with Crippen molar-refractivity contribution < 1.29 is 0 Å². The SMILES string of the molecule is CC(C)(C)NCc1nnnn1Cc1ccccc1. The van der Waals surface area contributed by atoms with Crippen molar-refractivity contribution in [1.29, 1.82) is 0 Å². The van der Waals surface area contributed by atoms with Crippen LogP contribution in [0.2, 0.25) is 0 Å². The maximum atomic E-state index is 4.05. The van der Waals surface area contributed by atoms with E-state index in [1.165, 1.54) is 5.56 Å². The van der Waals surface area contributed by atoms with E-state index < -0.39 is 0 Å². The molecule has 1 heterocycles. The Kier molecular flexibility index (Phi) is 3.72. The maximum Gasteiger partial charge on any atom is 0.165 e. The highest BCUT2D eigenvalue weighted by Gasteiger charge is 2.12. The Morgan fingerprint density at radius 3 is 2.56 bits per heavy atom. The van der Waals surface area contributed by atoms with Crippen LogP contribution in [0.3, 0.4) is 0 Å². The molecular formula is C13H19N5. The van der Waals surface area contributed by atoms with E-state index >= 15 is 0 Å². The second kappa shape index (κ2) is 5.27. The van der Waals surface area contributed by atoms with Gasteiger partial charge in [0.15, 0.2) is 5.82 Å². The summed E-state index contributed by atoms with van der Waals surface area (Å²) < 4.78 is 1.83. The second-order valence-electron chi connectivity index (χ2n) is 5.34. The van der Waals surface area contributed by atoms with Crippen LogP contribution >= 0.6 is 0 Å². The van der Waals surface area contributed by atoms with Gasteiger partial charge in [-0.1, -0.05) is 30.3 Å². The molecule has 0 saturated heterocycles. The fourth-order valence-electron chi connectivity index (χ4n) is 1.57. The molecule has 1 aromatic carbocycles. The summed E-state index contributed by atoms with van der Waals surface area (Å²) in [6.45, 7) is 7.74. The summed E-state index contributed by atoms with van der Waals surface area (Å²) in [7, 11) is 0. The molecule has 0 aliphatic carbocycles. The van der Waals surface area contributed by atoms with E-state index in [4.69, 9.17) is 0 Å². The van der Waals surface area contributed by atoms with Crippen LogP contribution in [0.5, 0.6) is 0 Å². The zero-order valence-corrected chi connectivity index (χ0v) is 11.1. The molecule has 2 rings (SSSR count). The van der Waals surface area contributed by atoms with Gasteiger partial charge < -0.3 is 5.32 Å². The molecule has 0 aliphatic rings. The third-order valence-corrected chi connectivity index (χ3v) is 2.56. The molecule has 0 fully saturated rings. The fourth-order valence-corrected chi connectivity index (χ4v) is 1.57. The molecule has 1 aromatic heterocycles. The van der Waals surface area contributed by atoms with Gasteiger partial charge in [-0.15, -0.1) is 5.10 Å². The highest BCUT2D eigenvalue weighted by molar-refractivity contribution is 5.14. The largest absolute Gasteiger partial charge is 0.305 e. The van der Waals surface area contributed by atoms with E-state index in [1.54, 1.807) is 0 Å². The first kappa shape index (κ1) is 12.7. The van der Waals surface area contributed by atoms with Crippen molar-refractivity contribution in [2.24, 2.45) is 0 Å². The van der Waals surface area contributed by atoms with Gasteiger partial charge >= 0.3 is 0 Å². The molecule has 0 amide bonds. The lowest BCUT2D eigenvalue weighted by Gasteiger charge is -2.19. The molecule has 0 unspecified atom stereocenters. The Hall–Kier alpha value is -1.75. The summed E-state index contributed by atoms with van der Waals surface area (Å²) in [6, 6.07) is 10.2. The predicted octanol–water partition coefficient (Wildman–Crippen LogP) is 1.61. The Balaban J connectivity index is 2.04. The number of hydrogen-bond acceptors (Lipinski definition) is 4. The topological polar surface area (TPSA) is 55.6 Å². The minimum atomic E-state index is 0.0591. The monoisotopic (exact) mass is 245 g/mol. The van der Waals surface area contributed by atoms with E-state index in [1.807, 2.05) is 22.9 Å². The van der Waals surface area contributed by atoms with Crippen molar-refractivity contribution >= 4 is 0 Å². The van der Waals surface area contributed by atoms with E-state index in [9.17, 15) is 0 Å². The van der Waals surface area contributed by atoms with Gasteiger partial charge in [-0.25, -0.2) is 4.68 Å². The molecule has 0 spiro atoms. The van der Waals surface area contributed by atoms with Crippen molar-refractivity contribution in [3.8, 4) is 0 Å². The highest BCUT2D eigenvalue weighted by atomic mass is 15.5. The van der Waals surface area contributed by atoms with Crippen molar-refractivity contribution in [2.45, 2.75) is 39.4 Å². The molecule has 0 saturated carbocycles.